The van der Waals surface area contributed by atoms with E-state index in [4.69, 9.17) is 0 Å². The van der Waals surface area contributed by atoms with Crippen LogP contribution in [0.1, 0.15) is 32.1 Å². The van der Waals surface area contributed by atoms with Crippen molar-refractivity contribution in [3.05, 3.63) is 45.5 Å². The highest BCUT2D eigenvalue weighted by molar-refractivity contribution is 7.86. The SMILES string of the molecule is Cc1ccc(C(=O)Nc2nc3c(s2)CN(S(=O)(=O)N(C)C)CC3)cc1C. The number of fused-ring (bicyclic) bond motifs is 1. The molecule has 1 aromatic heterocycles. The Morgan fingerprint density at radius 3 is 2.65 bits per heavy atom. The molecule has 0 bridgehead atoms. The number of amides is 1. The first kappa shape index (κ1) is 19.0. The first-order valence-corrected chi connectivity index (χ1v) is 10.4. The maximum atomic E-state index is 12.4. The van der Waals surface area contributed by atoms with E-state index in [1.165, 1.54) is 34.0 Å². The summed E-state index contributed by atoms with van der Waals surface area (Å²) in [5, 5.41) is 3.33. The van der Waals surface area contributed by atoms with Crippen molar-refractivity contribution in [2.75, 3.05) is 26.0 Å². The zero-order valence-electron chi connectivity index (χ0n) is 15.2. The summed E-state index contributed by atoms with van der Waals surface area (Å²) in [6.45, 7) is 4.64. The molecule has 1 aliphatic rings. The van der Waals surface area contributed by atoms with Gasteiger partial charge in [0.1, 0.15) is 0 Å². The van der Waals surface area contributed by atoms with Crippen LogP contribution >= 0.6 is 11.3 Å². The molecule has 0 spiro atoms. The molecule has 0 radical (unpaired) electrons. The van der Waals surface area contributed by atoms with E-state index in [1.807, 2.05) is 26.0 Å². The Labute approximate surface area is 157 Å². The van der Waals surface area contributed by atoms with Gasteiger partial charge in [-0.15, -0.1) is 11.3 Å². The van der Waals surface area contributed by atoms with Crippen LogP contribution in [0.15, 0.2) is 18.2 Å². The molecule has 26 heavy (non-hydrogen) atoms. The average Bonchev–Trinajstić information content (AvgIpc) is 2.98. The number of aromatic nitrogens is 1. The fourth-order valence-electron chi connectivity index (χ4n) is 2.71. The molecule has 0 fully saturated rings. The standard InChI is InChI=1S/C17H22N4O3S2/c1-11-5-6-13(9-12(11)2)16(22)19-17-18-14-7-8-21(10-15(14)25-17)26(23,24)20(3)4/h5-6,9H,7-8,10H2,1-4H3,(H,18,19,22). The molecule has 1 aromatic carbocycles. The van der Waals surface area contributed by atoms with Gasteiger partial charge in [0, 0.05) is 37.5 Å². The van der Waals surface area contributed by atoms with E-state index < -0.39 is 10.2 Å². The topological polar surface area (TPSA) is 82.6 Å². The normalized spacial score (nSPS) is 15.1. The molecule has 3 rings (SSSR count). The van der Waals surface area contributed by atoms with Gasteiger partial charge >= 0.3 is 0 Å². The summed E-state index contributed by atoms with van der Waals surface area (Å²) in [6.07, 6.45) is 0.540. The van der Waals surface area contributed by atoms with Crippen LogP contribution in [-0.4, -0.2) is 48.6 Å². The van der Waals surface area contributed by atoms with Crippen molar-refractivity contribution < 1.29 is 13.2 Å². The van der Waals surface area contributed by atoms with Gasteiger partial charge in [-0.1, -0.05) is 6.07 Å². The molecule has 0 saturated heterocycles. The highest BCUT2D eigenvalue weighted by Crippen LogP contribution is 2.30. The van der Waals surface area contributed by atoms with Gasteiger partial charge < -0.3 is 0 Å². The van der Waals surface area contributed by atoms with Crippen LogP contribution in [-0.2, 0) is 23.2 Å². The lowest BCUT2D eigenvalue weighted by molar-refractivity contribution is 0.102. The Bertz CT molecular complexity index is 951. The van der Waals surface area contributed by atoms with Gasteiger partial charge in [-0.05, 0) is 37.1 Å². The van der Waals surface area contributed by atoms with Crippen molar-refractivity contribution in [2.24, 2.45) is 0 Å². The average molecular weight is 395 g/mol. The highest BCUT2D eigenvalue weighted by Gasteiger charge is 2.30. The number of nitrogens with one attached hydrogen (secondary N) is 1. The Balaban J connectivity index is 1.76. The van der Waals surface area contributed by atoms with Crippen LogP contribution < -0.4 is 5.32 Å². The summed E-state index contributed by atoms with van der Waals surface area (Å²) in [7, 11) is -0.409. The second-order valence-corrected chi connectivity index (χ2v) is 9.74. The first-order chi connectivity index (χ1) is 12.2. The number of aryl methyl sites for hydroxylation is 2. The van der Waals surface area contributed by atoms with Crippen molar-refractivity contribution in [1.82, 2.24) is 13.6 Å². The van der Waals surface area contributed by atoms with Crippen LogP contribution in [0.3, 0.4) is 0 Å². The van der Waals surface area contributed by atoms with Gasteiger partial charge in [0.25, 0.3) is 16.1 Å². The molecule has 1 N–H and O–H groups in total. The zero-order chi connectivity index (χ0) is 19.1. The zero-order valence-corrected chi connectivity index (χ0v) is 16.9. The summed E-state index contributed by atoms with van der Waals surface area (Å²) in [5.74, 6) is -0.211. The Hall–Kier alpha value is -1.81. The third kappa shape index (κ3) is 3.66. The van der Waals surface area contributed by atoms with Crippen LogP contribution in [0, 0.1) is 13.8 Å². The van der Waals surface area contributed by atoms with Crippen molar-refractivity contribution in [2.45, 2.75) is 26.8 Å². The molecule has 0 unspecified atom stereocenters. The predicted octanol–water partition coefficient (Wildman–Crippen LogP) is 2.18. The molecular formula is C17H22N4O3S2. The molecule has 7 nitrogen and oxygen atoms in total. The number of nitrogens with zero attached hydrogens (tertiary/aromatic N) is 3. The summed E-state index contributed by atoms with van der Waals surface area (Å²) >= 11 is 1.33. The fourth-order valence-corrected chi connectivity index (χ4v) is 4.88. The summed E-state index contributed by atoms with van der Waals surface area (Å²) in [5.41, 5.74) is 3.63. The third-order valence-corrected chi connectivity index (χ3v) is 7.36. The van der Waals surface area contributed by atoms with Gasteiger partial charge in [0.05, 0.1) is 12.2 Å². The molecule has 1 aliphatic heterocycles. The molecular weight excluding hydrogens is 372 g/mol. The molecule has 140 valence electrons. The molecule has 2 heterocycles. The number of anilines is 1. The largest absolute Gasteiger partial charge is 0.298 e. The van der Waals surface area contributed by atoms with E-state index in [0.29, 0.717) is 23.7 Å². The maximum absolute atomic E-state index is 12.4. The van der Waals surface area contributed by atoms with E-state index in [9.17, 15) is 13.2 Å². The minimum Gasteiger partial charge on any atom is -0.298 e. The van der Waals surface area contributed by atoms with Crippen molar-refractivity contribution in [3.63, 3.8) is 0 Å². The lowest BCUT2D eigenvalue weighted by Crippen LogP contribution is -2.42. The predicted molar refractivity (Wildman–Crippen MR) is 103 cm³/mol. The van der Waals surface area contributed by atoms with Crippen molar-refractivity contribution in [1.29, 1.82) is 0 Å². The number of carbonyl (C=O) groups excluding carboxylic acids is 1. The summed E-state index contributed by atoms with van der Waals surface area (Å²) in [6, 6.07) is 5.56. The van der Waals surface area contributed by atoms with E-state index in [2.05, 4.69) is 10.3 Å². The van der Waals surface area contributed by atoms with Gasteiger partial charge in [0.15, 0.2) is 5.13 Å². The number of hydrogen-bond donors (Lipinski definition) is 1. The van der Waals surface area contributed by atoms with E-state index in [-0.39, 0.29) is 12.5 Å². The van der Waals surface area contributed by atoms with Crippen LogP contribution in [0.2, 0.25) is 0 Å². The maximum Gasteiger partial charge on any atom is 0.281 e. The van der Waals surface area contributed by atoms with Crippen LogP contribution in [0.5, 0.6) is 0 Å². The minimum atomic E-state index is -3.45. The summed E-state index contributed by atoms with van der Waals surface area (Å²) < 4.78 is 27.2. The number of hydrogen-bond acceptors (Lipinski definition) is 5. The van der Waals surface area contributed by atoms with Crippen molar-refractivity contribution >= 4 is 32.6 Å². The third-order valence-electron chi connectivity index (χ3n) is 4.47. The first-order valence-electron chi connectivity index (χ1n) is 8.23. The second kappa shape index (κ2) is 7.07. The molecule has 0 saturated carbocycles. The fraction of sp³-hybridized carbons (Fsp3) is 0.412. The highest BCUT2D eigenvalue weighted by atomic mass is 32.2. The Morgan fingerprint density at radius 2 is 2.00 bits per heavy atom. The number of rotatable bonds is 4. The van der Waals surface area contributed by atoms with E-state index in [0.717, 1.165) is 21.7 Å². The Kier molecular flexibility index (Phi) is 5.16. The van der Waals surface area contributed by atoms with Crippen LogP contribution in [0.4, 0.5) is 5.13 Å². The molecule has 0 atom stereocenters. The van der Waals surface area contributed by atoms with Gasteiger partial charge in [-0.2, -0.15) is 17.0 Å². The minimum absolute atomic E-state index is 0.211. The Morgan fingerprint density at radius 1 is 1.27 bits per heavy atom. The molecule has 0 aliphatic carbocycles. The number of thiazole rings is 1. The summed E-state index contributed by atoms with van der Waals surface area (Å²) in [4.78, 5) is 17.8. The quantitative estimate of drug-likeness (QED) is 0.862. The molecule has 9 heteroatoms. The van der Waals surface area contributed by atoms with Crippen LogP contribution in [0.25, 0.3) is 0 Å². The van der Waals surface area contributed by atoms with Gasteiger partial charge in [-0.25, -0.2) is 4.98 Å². The van der Waals surface area contributed by atoms with E-state index in [1.54, 1.807) is 6.07 Å². The smallest absolute Gasteiger partial charge is 0.281 e. The second-order valence-electron chi connectivity index (χ2n) is 6.52. The number of carbonyl (C=O) groups is 1. The number of benzene rings is 1. The lowest BCUT2D eigenvalue weighted by Gasteiger charge is -2.27. The molecule has 1 amide bonds. The molecule has 2 aromatic rings. The van der Waals surface area contributed by atoms with E-state index >= 15 is 0 Å². The lowest BCUT2D eigenvalue weighted by atomic mass is 10.1. The van der Waals surface area contributed by atoms with Gasteiger partial charge in [-0.3, -0.25) is 10.1 Å². The van der Waals surface area contributed by atoms with Crippen molar-refractivity contribution in [3.8, 4) is 0 Å². The monoisotopic (exact) mass is 394 g/mol. The van der Waals surface area contributed by atoms with Gasteiger partial charge in [0.2, 0.25) is 0 Å².